The van der Waals surface area contributed by atoms with Gasteiger partial charge in [-0.1, -0.05) is 39.5 Å². The maximum atomic E-state index is 11.9. The van der Waals surface area contributed by atoms with Crippen LogP contribution < -0.4 is 0 Å². The molecular weight excluding hydrogens is 406 g/mol. The van der Waals surface area contributed by atoms with E-state index in [4.69, 9.17) is 0 Å². The van der Waals surface area contributed by atoms with E-state index in [1.165, 1.54) is 23.5 Å². The Labute approximate surface area is 135 Å². The summed E-state index contributed by atoms with van der Waals surface area (Å²) >= 11 is 6.26. The number of rotatable bonds is 1. The number of hydrogen-bond acceptors (Lipinski definition) is 7. The van der Waals surface area contributed by atoms with Gasteiger partial charge in [0.25, 0.3) is 0 Å². The number of alkyl halides is 1. The third-order valence-corrected chi connectivity index (χ3v) is 14.0. The van der Waals surface area contributed by atoms with Gasteiger partial charge in [0.05, 0.1) is 28.0 Å². The summed E-state index contributed by atoms with van der Waals surface area (Å²) in [6.45, 7) is 1.94. The van der Waals surface area contributed by atoms with E-state index in [0.29, 0.717) is 6.42 Å². The molecule has 0 aromatic carbocycles. The first-order valence-electron chi connectivity index (χ1n) is 6.12. The second-order valence-corrected chi connectivity index (χ2v) is 14.3. The lowest BCUT2D eigenvalue weighted by Gasteiger charge is -2.22. The summed E-state index contributed by atoms with van der Waals surface area (Å²) in [5, 5.41) is -0.0152. The fourth-order valence-corrected chi connectivity index (χ4v) is 12.0. The summed E-state index contributed by atoms with van der Waals surface area (Å²) in [5.74, 6) is 0.480. The monoisotopic (exact) mass is 419 g/mol. The third kappa shape index (κ3) is 2.59. The minimum absolute atomic E-state index is 0.0152. The van der Waals surface area contributed by atoms with Gasteiger partial charge in [-0.05, 0) is 13.3 Å². The van der Waals surface area contributed by atoms with Gasteiger partial charge in [-0.3, -0.25) is 4.99 Å². The van der Waals surface area contributed by atoms with Crippen molar-refractivity contribution < 1.29 is 16.8 Å². The average Bonchev–Trinajstić information content (AvgIpc) is 2.84. The number of sulfone groups is 2. The van der Waals surface area contributed by atoms with Crippen molar-refractivity contribution in [2.75, 3.05) is 17.3 Å². The van der Waals surface area contributed by atoms with E-state index >= 15 is 0 Å². The van der Waals surface area contributed by atoms with E-state index < -0.39 is 28.6 Å². The van der Waals surface area contributed by atoms with Crippen molar-refractivity contribution in [1.82, 2.24) is 0 Å². The summed E-state index contributed by atoms with van der Waals surface area (Å²) in [7, 11) is -6.02. The van der Waals surface area contributed by atoms with E-state index in [9.17, 15) is 16.8 Å². The third-order valence-electron chi connectivity index (χ3n) is 3.84. The fraction of sp³-hybridized carbons (Fsp3) is 0.900. The Bertz CT molecular complexity index is 673. The highest BCUT2D eigenvalue weighted by atomic mass is 79.9. The van der Waals surface area contributed by atoms with Crippen LogP contribution in [0.1, 0.15) is 13.3 Å². The van der Waals surface area contributed by atoms with E-state index in [0.717, 1.165) is 4.38 Å². The van der Waals surface area contributed by atoms with E-state index in [1.807, 2.05) is 6.92 Å². The van der Waals surface area contributed by atoms with Crippen LogP contribution in [0.4, 0.5) is 0 Å². The molecule has 3 heterocycles. The van der Waals surface area contributed by atoms with Crippen molar-refractivity contribution in [1.29, 1.82) is 0 Å². The van der Waals surface area contributed by atoms with Crippen LogP contribution in [0.2, 0.25) is 0 Å². The maximum absolute atomic E-state index is 11.9. The van der Waals surface area contributed by atoms with Gasteiger partial charge in [-0.15, -0.1) is 0 Å². The average molecular weight is 420 g/mol. The number of fused-ring (bicyclic) bond motifs is 1. The van der Waals surface area contributed by atoms with Crippen molar-refractivity contribution in [2.24, 2.45) is 4.99 Å². The summed E-state index contributed by atoms with van der Waals surface area (Å²) in [4.78, 5) is 4.53. The normalized spacial score (nSPS) is 47.7. The van der Waals surface area contributed by atoms with Gasteiger partial charge < -0.3 is 0 Å². The van der Waals surface area contributed by atoms with Crippen molar-refractivity contribution in [3.05, 3.63) is 0 Å². The Kier molecular flexibility index (Phi) is 3.81. The molecule has 114 valence electrons. The molecular formula is C10H14BrNO4S4. The van der Waals surface area contributed by atoms with Crippen LogP contribution in [0.25, 0.3) is 0 Å². The molecule has 0 bridgehead atoms. The zero-order chi connectivity index (χ0) is 14.8. The molecule has 3 fully saturated rings. The minimum atomic E-state index is -3.09. The predicted molar refractivity (Wildman–Crippen MR) is 88.4 cm³/mol. The largest absolute Gasteiger partial charge is 0.267 e. The molecule has 10 heteroatoms. The highest BCUT2D eigenvalue weighted by molar-refractivity contribution is 9.11. The number of thioether (sulfide) groups is 2. The molecule has 0 amide bonds. The summed E-state index contributed by atoms with van der Waals surface area (Å²) < 4.78 is 46.6. The highest BCUT2D eigenvalue weighted by Gasteiger charge is 2.60. The van der Waals surface area contributed by atoms with Gasteiger partial charge in [0.15, 0.2) is 19.7 Å². The van der Waals surface area contributed by atoms with Crippen LogP contribution in [0.15, 0.2) is 4.99 Å². The molecule has 0 aromatic rings. The molecule has 4 atom stereocenters. The first kappa shape index (κ1) is 15.6. The zero-order valence-electron chi connectivity index (χ0n) is 10.7. The topological polar surface area (TPSA) is 80.6 Å². The Morgan fingerprint density at radius 3 is 2.55 bits per heavy atom. The number of halogens is 1. The lowest BCUT2D eigenvalue weighted by Crippen LogP contribution is -2.33. The van der Waals surface area contributed by atoms with Crippen LogP contribution in [-0.4, -0.2) is 58.7 Å². The van der Waals surface area contributed by atoms with Gasteiger partial charge in [0, 0.05) is 5.25 Å². The maximum Gasteiger partial charge on any atom is 0.165 e. The second kappa shape index (κ2) is 4.87. The lowest BCUT2D eigenvalue weighted by molar-refractivity contribution is 0.598. The standard InChI is InChI=1S/C10H14BrNO4S4/c1-10-7(5-20(15,16)8(10)11)17-9(18-10)12-6-2-3-19(13,14)4-6/h6-8H,2-5H2,1H3/t6-,7-,8+,10+/m1/s1. The van der Waals surface area contributed by atoms with Crippen LogP contribution in [0.3, 0.4) is 0 Å². The second-order valence-electron chi connectivity index (χ2n) is 5.49. The van der Waals surface area contributed by atoms with Crippen LogP contribution in [0.5, 0.6) is 0 Å². The number of hydrogen-bond donors (Lipinski definition) is 0. The molecule has 0 radical (unpaired) electrons. The molecule has 0 aromatic heterocycles. The molecule has 0 N–H and O–H groups in total. The Hall–Kier alpha value is 0.750. The highest BCUT2D eigenvalue weighted by Crippen LogP contribution is 2.57. The van der Waals surface area contributed by atoms with Crippen molar-refractivity contribution in [3.63, 3.8) is 0 Å². The Morgan fingerprint density at radius 1 is 1.30 bits per heavy atom. The molecule has 3 aliphatic rings. The van der Waals surface area contributed by atoms with Gasteiger partial charge >= 0.3 is 0 Å². The number of nitrogens with zero attached hydrogens (tertiary/aromatic N) is 1. The molecule has 3 aliphatic heterocycles. The zero-order valence-corrected chi connectivity index (χ0v) is 15.5. The molecule has 3 rings (SSSR count). The Balaban J connectivity index is 1.79. The molecule has 0 spiro atoms. The first-order chi connectivity index (χ1) is 9.12. The van der Waals surface area contributed by atoms with Crippen molar-refractivity contribution in [2.45, 2.75) is 33.5 Å². The van der Waals surface area contributed by atoms with Gasteiger partial charge in [-0.25, -0.2) is 16.8 Å². The van der Waals surface area contributed by atoms with Crippen LogP contribution in [-0.2, 0) is 19.7 Å². The molecule has 3 saturated heterocycles. The molecule has 5 nitrogen and oxygen atoms in total. The summed E-state index contributed by atoms with van der Waals surface area (Å²) in [6, 6.07) is -0.164. The lowest BCUT2D eigenvalue weighted by atomic mass is 10.1. The smallest absolute Gasteiger partial charge is 0.165 e. The van der Waals surface area contributed by atoms with E-state index in [1.54, 1.807) is 0 Å². The molecule has 0 unspecified atom stereocenters. The Morgan fingerprint density at radius 2 is 2.00 bits per heavy atom. The van der Waals surface area contributed by atoms with Crippen LogP contribution in [0, 0.1) is 0 Å². The van der Waals surface area contributed by atoms with Gasteiger partial charge in [0.2, 0.25) is 0 Å². The van der Waals surface area contributed by atoms with Crippen molar-refractivity contribution >= 4 is 63.5 Å². The van der Waals surface area contributed by atoms with Crippen molar-refractivity contribution in [3.8, 4) is 0 Å². The SMILES string of the molecule is C[C@]12SC(=N[C@@H]3CCS(=O)(=O)C3)S[C@@H]1CS(=O)(=O)[C@@H]2Br. The summed E-state index contributed by atoms with van der Waals surface area (Å²) in [5.41, 5.74) is 0. The van der Waals surface area contributed by atoms with Gasteiger partial charge in [0.1, 0.15) is 8.53 Å². The molecule has 0 saturated carbocycles. The molecule has 20 heavy (non-hydrogen) atoms. The number of aliphatic imine (C=N–C) groups is 1. The van der Waals surface area contributed by atoms with E-state index in [2.05, 4.69) is 20.9 Å². The minimum Gasteiger partial charge on any atom is -0.267 e. The fourth-order valence-electron chi connectivity index (χ4n) is 2.64. The quantitative estimate of drug-likeness (QED) is 0.595. The van der Waals surface area contributed by atoms with E-state index in [-0.39, 0.29) is 28.6 Å². The first-order valence-corrected chi connectivity index (χ1v) is 12.3. The molecule has 0 aliphatic carbocycles. The van der Waals surface area contributed by atoms with Crippen LogP contribution >= 0.6 is 39.5 Å². The summed E-state index contributed by atoms with van der Waals surface area (Å²) in [6.07, 6.45) is 0.574. The predicted octanol–water partition coefficient (Wildman–Crippen LogP) is 1.29. The van der Waals surface area contributed by atoms with Gasteiger partial charge in [-0.2, -0.15) is 0 Å².